The lowest BCUT2D eigenvalue weighted by Gasteiger charge is -2.25. The van der Waals surface area contributed by atoms with Gasteiger partial charge in [-0.15, -0.1) is 0 Å². The second-order valence-corrected chi connectivity index (χ2v) is 4.13. The minimum absolute atomic E-state index is 0.392. The standard InChI is InChI=1S/C11H12FN3O6/c12-3-1-2-11(20)8(18)6(5-16)21-9(11)15-10(19)14-7(17)4-13-15/h4,6,8-9,16,18,20H,3,5H2,(H,14,17,19)/t6-,8+,9-,11?/m1/s1/i5D2. The van der Waals surface area contributed by atoms with Crippen LogP contribution in [0.2, 0.25) is 0 Å². The fraction of sp³-hybridized carbons (Fsp3) is 0.545. The van der Waals surface area contributed by atoms with Crippen molar-refractivity contribution in [1.82, 2.24) is 14.8 Å². The highest BCUT2D eigenvalue weighted by Gasteiger charge is 2.56. The molecule has 0 radical (unpaired) electrons. The van der Waals surface area contributed by atoms with Crippen molar-refractivity contribution in [2.24, 2.45) is 0 Å². The predicted molar refractivity (Wildman–Crippen MR) is 64.8 cm³/mol. The van der Waals surface area contributed by atoms with E-state index < -0.39 is 48.5 Å². The van der Waals surface area contributed by atoms with Gasteiger partial charge in [-0.2, -0.15) is 9.78 Å². The van der Waals surface area contributed by atoms with Crippen LogP contribution in [0.1, 0.15) is 8.97 Å². The zero-order chi connectivity index (χ0) is 17.4. The molecule has 0 spiro atoms. The van der Waals surface area contributed by atoms with Crippen LogP contribution in [0.15, 0.2) is 15.8 Å². The maximum atomic E-state index is 12.3. The normalized spacial score (nSPS) is 33.8. The number of nitrogens with one attached hydrogen (secondary N) is 1. The van der Waals surface area contributed by atoms with Gasteiger partial charge in [0.25, 0.3) is 5.56 Å². The molecule has 0 saturated carbocycles. The van der Waals surface area contributed by atoms with Crippen LogP contribution < -0.4 is 11.2 Å². The zero-order valence-electron chi connectivity index (χ0n) is 12.4. The molecule has 4 N–H and O–H groups in total. The molecule has 21 heavy (non-hydrogen) atoms. The van der Waals surface area contributed by atoms with Crippen molar-refractivity contribution in [1.29, 1.82) is 0 Å². The molecule has 1 saturated heterocycles. The molecule has 1 aliphatic rings. The third-order valence-corrected chi connectivity index (χ3v) is 2.83. The Labute approximate surface area is 119 Å². The van der Waals surface area contributed by atoms with Crippen molar-refractivity contribution >= 4 is 0 Å². The lowest BCUT2D eigenvalue weighted by molar-refractivity contribution is -0.0838. The molecular formula is C11H12FN3O6. The Hall–Kier alpha value is -2.06. The van der Waals surface area contributed by atoms with Crippen LogP contribution in [0.4, 0.5) is 4.39 Å². The minimum atomic E-state index is -3.11. The summed E-state index contributed by atoms with van der Waals surface area (Å²) in [5.74, 6) is 3.77. The first-order valence-electron chi connectivity index (χ1n) is 6.63. The Balaban J connectivity index is 2.59. The van der Waals surface area contributed by atoms with E-state index in [4.69, 9.17) is 7.48 Å². The molecule has 0 aliphatic carbocycles. The number of hydrogen-bond donors (Lipinski definition) is 4. The molecule has 4 atom stereocenters. The third-order valence-electron chi connectivity index (χ3n) is 2.83. The Morgan fingerprint density at radius 3 is 2.95 bits per heavy atom. The topological polar surface area (TPSA) is 138 Å². The lowest BCUT2D eigenvalue weighted by atomic mass is 9.95. The number of H-pyrrole nitrogens is 1. The van der Waals surface area contributed by atoms with Gasteiger partial charge < -0.3 is 20.1 Å². The van der Waals surface area contributed by atoms with Crippen molar-refractivity contribution in [2.45, 2.75) is 24.0 Å². The number of alkyl halides is 1. The molecule has 1 unspecified atom stereocenters. The van der Waals surface area contributed by atoms with Crippen LogP contribution in [0.25, 0.3) is 0 Å². The van der Waals surface area contributed by atoms with Crippen molar-refractivity contribution in [3.63, 3.8) is 0 Å². The van der Waals surface area contributed by atoms with Crippen LogP contribution in [0, 0.1) is 11.8 Å². The third kappa shape index (κ3) is 2.59. The summed E-state index contributed by atoms with van der Waals surface area (Å²) >= 11 is 0. The van der Waals surface area contributed by atoms with Crippen molar-refractivity contribution in [2.75, 3.05) is 13.2 Å². The molecular weight excluding hydrogens is 289 g/mol. The van der Waals surface area contributed by atoms with Crippen LogP contribution in [0.3, 0.4) is 0 Å². The minimum Gasteiger partial charge on any atom is -0.394 e. The molecule has 1 aromatic heterocycles. The zero-order valence-corrected chi connectivity index (χ0v) is 10.4. The van der Waals surface area contributed by atoms with E-state index in [1.165, 1.54) is 0 Å². The number of hydrogen-bond acceptors (Lipinski definition) is 7. The molecule has 0 amide bonds. The molecule has 0 bridgehead atoms. The highest BCUT2D eigenvalue weighted by molar-refractivity contribution is 5.22. The lowest BCUT2D eigenvalue weighted by Crippen LogP contribution is -2.49. The van der Waals surface area contributed by atoms with Crippen LogP contribution in [-0.4, -0.2) is 61.1 Å². The summed E-state index contributed by atoms with van der Waals surface area (Å²) < 4.78 is 32.0. The van der Waals surface area contributed by atoms with Gasteiger partial charge in [-0.05, 0) is 0 Å². The van der Waals surface area contributed by atoms with E-state index in [2.05, 4.69) is 5.10 Å². The van der Waals surface area contributed by atoms with Gasteiger partial charge in [0.15, 0.2) is 6.23 Å². The van der Waals surface area contributed by atoms with Gasteiger partial charge >= 0.3 is 5.69 Å². The number of ether oxygens (including phenoxy) is 1. The summed E-state index contributed by atoms with van der Waals surface area (Å²) in [6.45, 7) is -4.31. The number of aliphatic hydroxyl groups excluding tert-OH is 1. The fourth-order valence-electron chi connectivity index (χ4n) is 1.88. The molecule has 1 aliphatic heterocycles. The summed E-state index contributed by atoms with van der Waals surface area (Å²) in [6.07, 6.45) is -5.37. The average Bonchev–Trinajstić information content (AvgIpc) is 2.70. The summed E-state index contributed by atoms with van der Waals surface area (Å²) in [4.78, 5) is 24.6. The quantitative estimate of drug-likeness (QED) is 0.424. The Bertz CT molecular complexity index is 766. The SMILES string of the molecule is [2H]C([2H])(O)[C@H]1O[C@@H](n2ncc(=O)[nH]c2=O)C(O)(C#CCF)[C@H]1O. The van der Waals surface area contributed by atoms with Crippen LogP contribution in [0.5, 0.6) is 0 Å². The van der Waals surface area contributed by atoms with Crippen molar-refractivity contribution < 1.29 is 27.2 Å². The van der Waals surface area contributed by atoms with E-state index in [9.17, 15) is 29.3 Å². The highest BCUT2D eigenvalue weighted by Crippen LogP contribution is 2.36. The number of aromatic amines is 1. The van der Waals surface area contributed by atoms with E-state index in [1.54, 1.807) is 0 Å². The Morgan fingerprint density at radius 2 is 2.38 bits per heavy atom. The largest absolute Gasteiger partial charge is 0.394 e. The fourth-order valence-corrected chi connectivity index (χ4v) is 1.88. The van der Waals surface area contributed by atoms with Gasteiger partial charge in [0.1, 0.15) is 25.1 Å². The molecule has 2 rings (SSSR count). The molecule has 9 nitrogen and oxygen atoms in total. The Kier molecular flexibility index (Phi) is 3.46. The second kappa shape index (κ2) is 5.74. The number of aromatic nitrogens is 3. The maximum Gasteiger partial charge on any atom is 0.347 e. The molecule has 10 heteroatoms. The van der Waals surface area contributed by atoms with Gasteiger partial charge in [0.05, 0.1) is 9.30 Å². The number of rotatable bonds is 2. The smallest absolute Gasteiger partial charge is 0.347 e. The van der Waals surface area contributed by atoms with Gasteiger partial charge in [-0.1, -0.05) is 11.8 Å². The predicted octanol–water partition coefficient (Wildman–Crippen LogP) is -3.11. The monoisotopic (exact) mass is 303 g/mol. The van der Waals surface area contributed by atoms with Crippen molar-refractivity contribution in [3.05, 3.63) is 27.0 Å². The first-order chi connectivity index (χ1) is 10.6. The molecule has 2 heterocycles. The first-order valence-corrected chi connectivity index (χ1v) is 5.63. The highest BCUT2D eigenvalue weighted by atomic mass is 19.1. The van der Waals surface area contributed by atoms with E-state index in [1.807, 2.05) is 16.8 Å². The van der Waals surface area contributed by atoms with Crippen molar-refractivity contribution in [3.8, 4) is 11.8 Å². The number of aliphatic hydroxyl groups is 3. The molecule has 114 valence electrons. The van der Waals surface area contributed by atoms with Crippen LogP contribution >= 0.6 is 0 Å². The Morgan fingerprint density at radius 1 is 1.67 bits per heavy atom. The first kappa shape index (κ1) is 12.7. The van der Waals surface area contributed by atoms with Gasteiger partial charge in [0.2, 0.25) is 5.60 Å². The van der Waals surface area contributed by atoms with E-state index in [0.29, 0.717) is 10.9 Å². The molecule has 0 aromatic carbocycles. The van der Waals surface area contributed by atoms with E-state index >= 15 is 0 Å². The summed E-state index contributed by atoms with van der Waals surface area (Å²) in [7, 11) is 0. The van der Waals surface area contributed by atoms with Gasteiger partial charge in [-0.25, -0.2) is 9.18 Å². The van der Waals surface area contributed by atoms with Crippen LogP contribution in [-0.2, 0) is 4.74 Å². The molecule has 1 fully saturated rings. The summed E-state index contributed by atoms with van der Waals surface area (Å²) in [5, 5.41) is 33.3. The molecule has 1 aromatic rings. The van der Waals surface area contributed by atoms with E-state index in [0.717, 1.165) is 0 Å². The number of halogens is 1. The van der Waals surface area contributed by atoms with E-state index in [-0.39, 0.29) is 0 Å². The average molecular weight is 303 g/mol. The maximum absolute atomic E-state index is 12.3. The summed E-state index contributed by atoms with van der Waals surface area (Å²) in [5.41, 5.74) is -4.64. The van der Waals surface area contributed by atoms with Gasteiger partial charge in [-0.3, -0.25) is 9.78 Å². The van der Waals surface area contributed by atoms with Gasteiger partial charge in [0, 0.05) is 0 Å². The second-order valence-electron chi connectivity index (χ2n) is 4.13. The summed E-state index contributed by atoms with van der Waals surface area (Å²) in [6, 6.07) is 0. The number of nitrogens with zero attached hydrogens (tertiary/aromatic N) is 2.